The van der Waals surface area contributed by atoms with E-state index < -0.39 is 0 Å². The zero-order chi connectivity index (χ0) is 13.9. The molecule has 0 unspecified atom stereocenters. The summed E-state index contributed by atoms with van der Waals surface area (Å²) in [6.07, 6.45) is 1.71. The molecule has 20 heavy (non-hydrogen) atoms. The zero-order valence-corrected chi connectivity index (χ0v) is 11.6. The van der Waals surface area contributed by atoms with E-state index in [2.05, 4.69) is 4.98 Å². The molecule has 5 nitrogen and oxygen atoms in total. The van der Waals surface area contributed by atoms with Gasteiger partial charge in [-0.2, -0.15) is 0 Å². The summed E-state index contributed by atoms with van der Waals surface area (Å²) < 4.78 is 12.3. The third-order valence-electron chi connectivity index (χ3n) is 2.78. The molecule has 6 heteroatoms. The molecule has 0 aliphatic rings. The van der Waals surface area contributed by atoms with Gasteiger partial charge in [0.25, 0.3) is 5.56 Å². The van der Waals surface area contributed by atoms with E-state index in [4.69, 9.17) is 9.47 Å². The van der Waals surface area contributed by atoms with E-state index in [1.165, 1.54) is 21.8 Å². The number of methoxy groups -OCH3 is 1. The molecule has 0 aliphatic carbocycles. The van der Waals surface area contributed by atoms with E-state index in [0.717, 1.165) is 5.75 Å². The van der Waals surface area contributed by atoms with Crippen LogP contribution in [-0.2, 0) is 6.61 Å². The summed E-state index contributed by atoms with van der Waals surface area (Å²) in [7, 11) is 1.60. The molecule has 0 amide bonds. The summed E-state index contributed by atoms with van der Waals surface area (Å²) in [6, 6.07) is 8.80. The largest absolute Gasteiger partial charge is 0.497 e. The second-order valence-electron chi connectivity index (χ2n) is 4.11. The van der Waals surface area contributed by atoms with Crippen LogP contribution in [-0.4, -0.2) is 16.5 Å². The molecule has 2 heterocycles. The number of hydrogen-bond acceptors (Lipinski definition) is 5. The van der Waals surface area contributed by atoms with E-state index in [0.29, 0.717) is 16.4 Å². The Morgan fingerprint density at radius 3 is 3.00 bits per heavy atom. The number of benzene rings is 1. The van der Waals surface area contributed by atoms with Gasteiger partial charge in [-0.15, -0.1) is 11.3 Å². The molecule has 3 rings (SSSR count). The van der Waals surface area contributed by atoms with Crippen LogP contribution in [0, 0.1) is 0 Å². The fraction of sp³-hybridized carbons (Fsp3) is 0.143. The maximum absolute atomic E-state index is 11.8. The Balaban J connectivity index is 1.80. The smallest absolute Gasteiger partial charge is 0.258 e. The molecule has 0 saturated heterocycles. The lowest BCUT2D eigenvalue weighted by Crippen LogP contribution is -2.14. The molecule has 0 spiro atoms. The summed E-state index contributed by atoms with van der Waals surface area (Å²) in [5.41, 5.74) is 0.515. The first-order valence-electron chi connectivity index (χ1n) is 5.99. The van der Waals surface area contributed by atoms with Crippen molar-refractivity contribution in [1.82, 2.24) is 9.38 Å². The Labute approximate surface area is 119 Å². The van der Waals surface area contributed by atoms with Gasteiger partial charge in [0, 0.05) is 23.7 Å². The van der Waals surface area contributed by atoms with E-state index in [-0.39, 0.29) is 12.2 Å². The van der Waals surface area contributed by atoms with Gasteiger partial charge >= 0.3 is 0 Å². The first-order valence-corrected chi connectivity index (χ1v) is 6.87. The van der Waals surface area contributed by atoms with E-state index in [9.17, 15) is 4.79 Å². The lowest BCUT2D eigenvalue weighted by molar-refractivity contribution is 0.299. The lowest BCUT2D eigenvalue weighted by Gasteiger charge is -2.07. The Morgan fingerprint density at radius 2 is 2.15 bits per heavy atom. The van der Waals surface area contributed by atoms with Gasteiger partial charge in [-0.05, 0) is 12.1 Å². The highest BCUT2D eigenvalue weighted by molar-refractivity contribution is 7.15. The molecule has 102 valence electrons. The first kappa shape index (κ1) is 12.7. The van der Waals surface area contributed by atoms with Crippen LogP contribution >= 0.6 is 11.3 Å². The Hall–Kier alpha value is -2.34. The van der Waals surface area contributed by atoms with Gasteiger partial charge in [0.1, 0.15) is 18.1 Å². The zero-order valence-electron chi connectivity index (χ0n) is 10.8. The van der Waals surface area contributed by atoms with Gasteiger partial charge in [0.15, 0.2) is 4.96 Å². The molecular formula is C14H12N2O3S. The minimum Gasteiger partial charge on any atom is -0.497 e. The predicted molar refractivity (Wildman–Crippen MR) is 76.7 cm³/mol. The second kappa shape index (κ2) is 5.34. The maximum Gasteiger partial charge on any atom is 0.258 e. The van der Waals surface area contributed by atoms with Gasteiger partial charge in [-0.25, -0.2) is 4.98 Å². The van der Waals surface area contributed by atoms with Crippen LogP contribution in [0.1, 0.15) is 5.69 Å². The van der Waals surface area contributed by atoms with Crippen molar-refractivity contribution in [2.24, 2.45) is 0 Å². The Bertz CT molecular complexity index is 794. The molecule has 1 aromatic carbocycles. The van der Waals surface area contributed by atoms with Crippen molar-refractivity contribution >= 4 is 16.3 Å². The van der Waals surface area contributed by atoms with Crippen molar-refractivity contribution < 1.29 is 9.47 Å². The first-order chi connectivity index (χ1) is 9.76. The number of ether oxygens (including phenoxy) is 2. The van der Waals surface area contributed by atoms with Crippen LogP contribution in [0.3, 0.4) is 0 Å². The number of thiazole rings is 1. The number of rotatable bonds is 4. The van der Waals surface area contributed by atoms with Crippen molar-refractivity contribution in [3.8, 4) is 11.5 Å². The van der Waals surface area contributed by atoms with Crippen molar-refractivity contribution in [1.29, 1.82) is 0 Å². The molecule has 0 saturated carbocycles. The topological polar surface area (TPSA) is 52.8 Å². The predicted octanol–water partition coefficient (Wildman–Crippen LogP) is 2.34. The van der Waals surface area contributed by atoms with Gasteiger partial charge in [0.05, 0.1) is 12.8 Å². The van der Waals surface area contributed by atoms with Crippen LogP contribution in [0.25, 0.3) is 4.96 Å². The van der Waals surface area contributed by atoms with E-state index in [1.807, 2.05) is 23.6 Å². The average Bonchev–Trinajstić information content (AvgIpc) is 2.94. The highest BCUT2D eigenvalue weighted by atomic mass is 32.1. The van der Waals surface area contributed by atoms with Crippen molar-refractivity contribution in [2.45, 2.75) is 6.61 Å². The standard InChI is InChI=1S/C14H12N2O3S/c1-18-11-3-2-4-12(8-11)19-9-10-7-13(17)16-5-6-20-14(16)15-10/h2-8H,9H2,1H3. The fourth-order valence-electron chi connectivity index (χ4n) is 1.81. The molecule has 0 radical (unpaired) electrons. The average molecular weight is 288 g/mol. The Kier molecular flexibility index (Phi) is 3.39. The van der Waals surface area contributed by atoms with Crippen LogP contribution in [0.4, 0.5) is 0 Å². The highest BCUT2D eigenvalue weighted by Crippen LogP contribution is 2.19. The molecule has 0 atom stereocenters. The summed E-state index contributed by atoms with van der Waals surface area (Å²) >= 11 is 1.42. The van der Waals surface area contributed by atoms with Crippen LogP contribution in [0.2, 0.25) is 0 Å². The van der Waals surface area contributed by atoms with Crippen LogP contribution in [0.15, 0.2) is 46.7 Å². The fourth-order valence-corrected chi connectivity index (χ4v) is 2.55. The molecule has 0 aliphatic heterocycles. The van der Waals surface area contributed by atoms with Crippen LogP contribution < -0.4 is 15.0 Å². The normalized spacial score (nSPS) is 10.7. The van der Waals surface area contributed by atoms with Crippen molar-refractivity contribution in [3.63, 3.8) is 0 Å². The molecule has 0 N–H and O–H groups in total. The molecule has 0 fully saturated rings. The SMILES string of the molecule is COc1cccc(OCc2cc(=O)n3ccsc3n2)c1. The van der Waals surface area contributed by atoms with Crippen molar-refractivity contribution in [3.05, 3.63) is 58.0 Å². The molecule has 2 aromatic heterocycles. The van der Waals surface area contributed by atoms with Gasteiger partial charge in [0.2, 0.25) is 0 Å². The minimum absolute atomic E-state index is 0.0968. The third kappa shape index (κ3) is 2.50. The van der Waals surface area contributed by atoms with E-state index >= 15 is 0 Å². The lowest BCUT2D eigenvalue weighted by atomic mass is 10.3. The number of nitrogens with zero attached hydrogens (tertiary/aromatic N) is 2. The Morgan fingerprint density at radius 1 is 1.30 bits per heavy atom. The number of fused-ring (bicyclic) bond motifs is 1. The highest BCUT2D eigenvalue weighted by Gasteiger charge is 2.04. The molecule has 0 bridgehead atoms. The number of aromatic nitrogens is 2. The van der Waals surface area contributed by atoms with Gasteiger partial charge in [-0.1, -0.05) is 6.07 Å². The van der Waals surface area contributed by atoms with Crippen molar-refractivity contribution in [2.75, 3.05) is 7.11 Å². The minimum atomic E-state index is -0.0968. The summed E-state index contributed by atoms with van der Waals surface area (Å²) in [4.78, 5) is 16.9. The van der Waals surface area contributed by atoms with Crippen LogP contribution in [0.5, 0.6) is 11.5 Å². The number of hydrogen-bond donors (Lipinski definition) is 0. The summed E-state index contributed by atoms with van der Waals surface area (Å²) in [5.74, 6) is 1.40. The summed E-state index contributed by atoms with van der Waals surface area (Å²) in [5, 5.41) is 1.83. The van der Waals surface area contributed by atoms with Gasteiger partial charge in [-0.3, -0.25) is 9.20 Å². The van der Waals surface area contributed by atoms with Gasteiger partial charge < -0.3 is 9.47 Å². The summed E-state index contributed by atoms with van der Waals surface area (Å²) in [6.45, 7) is 0.247. The molecule has 3 aromatic rings. The molecular weight excluding hydrogens is 276 g/mol. The third-order valence-corrected chi connectivity index (χ3v) is 3.54. The van der Waals surface area contributed by atoms with E-state index in [1.54, 1.807) is 19.4 Å². The maximum atomic E-state index is 11.8. The quantitative estimate of drug-likeness (QED) is 0.739. The monoisotopic (exact) mass is 288 g/mol. The second-order valence-corrected chi connectivity index (χ2v) is 4.98.